The summed E-state index contributed by atoms with van der Waals surface area (Å²) in [6.07, 6.45) is 3.93. The van der Waals surface area contributed by atoms with Crippen molar-refractivity contribution in [3.05, 3.63) is 35.9 Å². The van der Waals surface area contributed by atoms with E-state index in [1.165, 1.54) is 48.5 Å². The molecule has 0 unspecified atom stereocenters. The number of hydrogen-bond acceptors (Lipinski definition) is 5. The highest BCUT2D eigenvalue weighted by Gasteiger charge is 2.21. The molecule has 1 aliphatic carbocycles. The van der Waals surface area contributed by atoms with Crippen LogP contribution < -0.4 is 5.32 Å². The van der Waals surface area contributed by atoms with Crippen LogP contribution >= 0.6 is 23.3 Å². The monoisotopic (exact) mass is 281 g/mol. The number of aromatic nitrogens is 2. The molecule has 0 radical (unpaired) electrons. The largest absolute Gasteiger partial charge is 0.310 e. The van der Waals surface area contributed by atoms with Crippen molar-refractivity contribution < 1.29 is 4.39 Å². The number of halogens is 1. The van der Waals surface area contributed by atoms with Gasteiger partial charge in [0.25, 0.3) is 0 Å². The van der Waals surface area contributed by atoms with Crippen molar-refractivity contribution in [1.29, 1.82) is 0 Å². The maximum atomic E-state index is 13.9. The highest BCUT2D eigenvalue weighted by atomic mass is 32.2. The Balaban J connectivity index is 1.80. The van der Waals surface area contributed by atoms with Gasteiger partial charge in [-0.1, -0.05) is 17.8 Å². The zero-order valence-corrected chi connectivity index (χ0v) is 11.2. The van der Waals surface area contributed by atoms with Gasteiger partial charge in [-0.2, -0.15) is 4.37 Å². The molecule has 6 heteroatoms. The van der Waals surface area contributed by atoms with Crippen LogP contribution in [0, 0.1) is 5.82 Å². The molecule has 0 bridgehead atoms. The van der Waals surface area contributed by atoms with Gasteiger partial charge in [-0.3, -0.25) is 0 Å². The molecule has 0 saturated heterocycles. The molecule has 18 heavy (non-hydrogen) atoms. The van der Waals surface area contributed by atoms with E-state index in [1.54, 1.807) is 6.07 Å². The molecule has 1 aliphatic rings. The van der Waals surface area contributed by atoms with Gasteiger partial charge in [0.05, 0.1) is 0 Å². The second kappa shape index (κ2) is 5.34. The van der Waals surface area contributed by atoms with E-state index in [9.17, 15) is 4.39 Å². The van der Waals surface area contributed by atoms with Crippen LogP contribution in [0.25, 0.3) is 0 Å². The Morgan fingerprint density at radius 3 is 3.06 bits per heavy atom. The Kier molecular flexibility index (Phi) is 3.58. The minimum atomic E-state index is -0.155. The van der Waals surface area contributed by atoms with Gasteiger partial charge in [0, 0.05) is 23.0 Å². The van der Waals surface area contributed by atoms with Crippen molar-refractivity contribution in [3.8, 4) is 0 Å². The van der Waals surface area contributed by atoms with Crippen molar-refractivity contribution in [2.45, 2.75) is 34.7 Å². The van der Waals surface area contributed by atoms with E-state index in [0.29, 0.717) is 12.6 Å². The number of nitrogens with one attached hydrogen (secondary N) is 1. The molecule has 0 aliphatic heterocycles. The molecular weight excluding hydrogens is 269 g/mol. The maximum Gasteiger partial charge on any atom is 0.174 e. The molecule has 3 rings (SSSR count). The van der Waals surface area contributed by atoms with E-state index in [2.05, 4.69) is 14.7 Å². The number of rotatable bonds is 5. The van der Waals surface area contributed by atoms with E-state index in [4.69, 9.17) is 0 Å². The van der Waals surface area contributed by atoms with Crippen LogP contribution in [0.15, 0.2) is 33.8 Å². The van der Waals surface area contributed by atoms with Gasteiger partial charge in [-0.25, -0.2) is 9.37 Å². The Bertz CT molecular complexity index is 526. The van der Waals surface area contributed by atoms with Crippen LogP contribution in [0.1, 0.15) is 18.4 Å². The topological polar surface area (TPSA) is 37.8 Å². The highest BCUT2D eigenvalue weighted by molar-refractivity contribution is 8.01. The van der Waals surface area contributed by atoms with Gasteiger partial charge in [-0.05, 0) is 36.5 Å². The van der Waals surface area contributed by atoms with E-state index in [0.717, 1.165) is 14.8 Å². The summed E-state index contributed by atoms with van der Waals surface area (Å²) in [4.78, 5) is 5.03. The zero-order chi connectivity index (χ0) is 12.4. The van der Waals surface area contributed by atoms with Gasteiger partial charge in [0.2, 0.25) is 0 Å². The Hall–Kier alpha value is -0.980. The summed E-state index contributed by atoms with van der Waals surface area (Å²) >= 11 is 2.80. The number of benzene rings is 1. The fourth-order valence-electron chi connectivity index (χ4n) is 1.64. The van der Waals surface area contributed by atoms with Gasteiger partial charge in [0.15, 0.2) is 4.34 Å². The third-order valence-electron chi connectivity index (χ3n) is 2.76. The molecule has 1 aromatic heterocycles. The maximum absolute atomic E-state index is 13.9. The third kappa shape index (κ3) is 2.88. The van der Waals surface area contributed by atoms with Crippen molar-refractivity contribution in [1.82, 2.24) is 14.7 Å². The molecular formula is C12H12FN3S2. The molecule has 1 N–H and O–H groups in total. The lowest BCUT2D eigenvalue weighted by molar-refractivity contribution is 0.579. The predicted molar refractivity (Wildman–Crippen MR) is 70.3 cm³/mol. The summed E-state index contributed by atoms with van der Waals surface area (Å²) in [6, 6.07) is 5.75. The zero-order valence-electron chi connectivity index (χ0n) is 9.60. The first-order valence-electron chi connectivity index (χ1n) is 5.78. The minimum absolute atomic E-state index is 0.155. The second-order valence-electron chi connectivity index (χ2n) is 4.18. The average molecular weight is 281 g/mol. The standard InChI is InChI=1S/C12H12FN3S2/c13-10-2-1-3-11(17-12-15-7-16-18-12)9(10)6-14-8-4-5-8/h1-3,7-8,14H,4-6H2. The van der Waals surface area contributed by atoms with Crippen LogP contribution in [0.4, 0.5) is 4.39 Å². The summed E-state index contributed by atoms with van der Waals surface area (Å²) < 4.78 is 18.7. The van der Waals surface area contributed by atoms with Crippen molar-refractivity contribution in [2.75, 3.05) is 0 Å². The Morgan fingerprint density at radius 1 is 1.44 bits per heavy atom. The van der Waals surface area contributed by atoms with Crippen LogP contribution in [-0.2, 0) is 6.54 Å². The first kappa shape index (κ1) is 12.1. The summed E-state index contributed by atoms with van der Waals surface area (Å²) in [7, 11) is 0. The lowest BCUT2D eigenvalue weighted by Gasteiger charge is -2.09. The fourth-order valence-corrected chi connectivity index (χ4v) is 3.20. The molecule has 1 fully saturated rings. The molecule has 3 nitrogen and oxygen atoms in total. The van der Waals surface area contributed by atoms with Crippen LogP contribution in [0.3, 0.4) is 0 Å². The molecule has 1 saturated carbocycles. The van der Waals surface area contributed by atoms with Gasteiger partial charge >= 0.3 is 0 Å². The summed E-state index contributed by atoms with van der Waals surface area (Å²) in [5.74, 6) is -0.155. The van der Waals surface area contributed by atoms with Crippen molar-refractivity contribution in [2.24, 2.45) is 0 Å². The number of hydrogen-bond donors (Lipinski definition) is 1. The van der Waals surface area contributed by atoms with Gasteiger partial charge in [0.1, 0.15) is 12.1 Å². The molecule has 1 heterocycles. The van der Waals surface area contributed by atoms with E-state index in [-0.39, 0.29) is 5.82 Å². The average Bonchev–Trinajstić information content (AvgIpc) is 3.05. The molecule has 2 aromatic rings. The SMILES string of the molecule is Fc1cccc(Sc2ncns2)c1CNC1CC1. The molecule has 0 spiro atoms. The molecule has 0 amide bonds. The van der Waals surface area contributed by atoms with Crippen LogP contribution in [-0.4, -0.2) is 15.4 Å². The fraction of sp³-hybridized carbons (Fsp3) is 0.333. The lowest BCUT2D eigenvalue weighted by Crippen LogP contribution is -2.16. The normalized spacial score (nSPS) is 14.9. The summed E-state index contributed by atoms with van der Waals surface area (Å²) in [5, 5.41) is 3.35. The number of nitrogens with zero attached hydrogens (tertiary/aromatic N) is 2. The quantitative estimate of drug-likeness (QED) is 0.914. The highest BCUT2D eigenvalue weighted by Crippen LogP contribution is 2.32. The van der Waals surface area contributed by atoms with E-state index >= 15 is 0 Å². The van der Waals surface area contributed by atoms with Crippen LogP contribution in [0.5, 0.6) is 0 Å². The summed E-state index contributed by atoms with van der Waals surface area (Å²) in [6.45, 7) is 0.582. The van der Waals surface area contributed by atoms with E-state index < -0.39 is 0 Å². The smallest absolute Gasteiger partial charge is 0.174 e. The van der Waals surface area contributed by atoms with Crippen molar-refractivity contribution in [3.63, 3.8) is 0 Å². The second-order valence-corrected chi connectivity index (χ2v) is 6.25. The van der Waals surface area contributed by atoms with Gasteiger partial charge in [-0.15, -0.1) is 0 Å². The molecule has 94 valence electrons. The Morgan fingerprint density at radius 2 is 2.33 bits per heavy atom. The van der Waals surface area contributed by atoms with Gasteiger partial charge < -0.3 is 5.32 Å². The predicted octanol–water partition coefficient (Wildman–Crippen LogP) is 3.08. The lowest BCUT2D eigenvalue weighted by atomic mass is 10.2. The Labute approximate surface area is 113 Å². The van der Waals surface area contributed by atoms with E-state index in [1.807, 2.05) is 6.07 Å². The van der Waals surface area contributed by atoms with Crippen molar-refractivity contribution >= 4 is 23.3 Å². The molecule has 1 aromatic carbocycles. The minimum Gasteiger partial charge on any atom is -0.310 e. The van der Waals surface area contributed by atoms with Crippen LogP contribution in [0.2, 0.25) is 0 Å². The molecule has 0 atom stereocenters. The third-order valence-corrected chi connectivity index (χ3v) is 4.58. The summed E-state index contributed by atoms with van der Waals surface area (Å²) in [5.41, 5.74) is 0.726. The first-order chi connectivity index (χ1) is 8.83. The first-order valence-corrected chi connectivity index (χ1v) is 7.37.